The van der Waals surface area contributed by atoms with Crippen LogP contribution in [0, 0.1) is 12.7 Å². The first-order chi connectivity index (χ1) is 14.6. The molecule has 0 aliphatic rings. The average molecular weight is 398 g/mol. The molecule has 4 rings (SSSR count). The molecular weight excluding hydrogens is 379 g/mol. The highest BCUT2D eigenvalue weighted by molar-refractivity contribution is 6.04. The highest BCUT2D eigenvalue weighted by Gasteiger charge is 2.08. The minimum absolute atomic E-state index is 0.309. The smallest absolute Gasteiger partial charge is 0.255 e. The standard InChI is InChI=1S/C24H19FN4O/c1-16-4-2-5-18(12-16)22-14-23(27-15-26-22)28-20-10-8-17(9-11-20)24(30)29-21-7-3-6-19(25)13-21/h2-15H,1H3,(H,29,30)(H,26,27,28). The van der Waals surface area contributed by atoms with Gasteiger partial charge in [-0.15, -0.1) is 0 Å². The molecule has 30 heavy (non-hydrogen) atoms. The maximum atomic E-state index is 13.3. The number of amides is 1. The van der Waals surface area contributed by atoms with Gasteiger partial charge in [-0.05, 0) is 55.5 Å². The molecule has 1 heterocycles. The van der Waals surface area contributed by atoms with Gasteiger partial charge in [-0.25, -0.2) is 14.4 Å². The number of aryl methyl sites for hydroxylation is 1. The Hall–Kier alpha value is -4.06. The van der Waals surface area contributed by atoms with E-state index in [1.807, 2.05) is 31.2 Å². The zero-order valence-corrected chi connectivity index (χ0v) is 16.3. The van der Waals surface area contributed by atoms with Crippen molar-refractivity contribution in [3.05, 3.63) is 102 Å². The maximum absolute atomic E-state index is 13.3. The Morgan fingerprint density at radius 2 is 1.67 bits per heavy atom. The van der Waals surface area contributed by atoms with E-state index in [9.17, 15) is 9.18 Å². The molecule has 4 aromatic rings. The van der Waals surface area contributed by atoms with Crippen LogP contribution in [0.1, 0.15) is 15.9 Å². The van der Waals surface area contributed by atoms with Crippen molar-refractivity contribution in [2.75, 3.05) is 10.6 Å². The molecule has 5 nitrogen and oxygen atoms in total. The van der Waals surface area contributed by atoms with Crippen molar-refractivity contribution in [1.29, 1.82) is 0 Å². The van der Waals surface area contributed by atoms with Crippen LogP contribution in [-0.4, -0.2) is 15.9 Å². The van der Waals surface area contributed by atoms with Crippen LogP contribution in [-0.2, 0) is 0 Å². The number of nitrogens with zero attached hydrogens (tertiary/aromatic N) is 2. The number of benzene rings is 3. The lowest BCUT2D eigenvalue weighted by molar-refractivity contribution is 0.102. The average Bonchev–Trinajstić information content (AvgIpc) is 2.74. The third-order valence-electron chi connectivity index (χ3n) is 4.48. The molecule has 0 atom stereocenters. The predicted molar refractivity (Wildman–Crippen MR) is 116 cm³/mol. The zero-order valence-electron chi connectivity index (χ0n) is 16.3. The maximum Gasteiger partial charge on any atom is 0.255 e. The first-order valence-corrected chi connectivity index (χ1v) is 9.40. The Balaban J connectivity index is 1.46. The summed E-state index contributed by atoms with van der Waals surface area (Å²) in [7, 11) is 0. The van der Waals surface area contributed by atoms with E-state index >= 15 is 0 Å². The Bertz CT molecular complexity index is 1190. The highest BCUT2D eigenvalue weighted by Crippen LogP contribution is 2.22. The normalized spacial score (nSPS) is 10.5. The summed E-state index contributed by atoms with van der Waals surface area (Å²) in [4.78, 5) is 21.0. The molecule has 0 unspecified atom stereocenters. The lowest BCUT2D eigenvalue weighted by atomic mass is 10.1. The molecule has 0 bridgehead atoms. The second kappa shape index (κ2) is 8.53. The van der Waals surface area contributed by atoms with Crippen molar-refractivity contribution < 1.29 is 9.18 Å². The number of carbonyl (C=O) groups is 1. The number of carbonyl (C=O) groups excluding carboxylic acids is 1. The van der Waals surface area contributed by atoms with E-state index in [1.165, 1.54) is 18.5 Å². The van der Waals surface area contributed by atoms with Gasteiger partial charge in [0.05, 0.1) is 5.69 Å². The first-order valence-electron chi connectivity index (χ1n) is 9.40. The van der Waals surface area contributed by atoms with Crippen molar-refractivity contribution in [2.24, 2.45) is 0 Å². The summed E-state index contributed by atoms with van der Waals surface area (Å²) in [5.74, 6) is -0.0587. The molecular formula is C24H19FN4O. The number of aromatic nitrogens is 2. The van der Waals surface area contributed by atoms with Crippen LogP contribution in [0.3, 0.4) is 0 Å². The van der Waals surface area contributed by atoms with Crippen LogP contribution in [0.4, 0.5) is 21.6 Å². The lowest BCUT2D eigenvalue weighted by Gasteiger charge is -2.09. The van der Waals surface area contributed by atoms with E-state index in [0.717, 1.165) is 22.5 Å². The number of nitrogens with one attached hydrogen (secondary N) is 2. The van der Waals surface area contributed by atoms with Crippen molar-refractivity contribution >= 4 is 23.1 Å². The Kier molecular flexibility index (Phi) is 5.48. The second-order valence-electron chi connectivity index (χ2n) is 6.82. The number of halogens is 1. The van der Waals surface area contributed by atoms with Crippen LogP contribution in [0.5, 0.6) is 0 Å². The third kappa shape index (κ3) is 4.67. The van der Waals surface area contributed by atoms with Crippen molar-refractivity contribution in [3.8, 4) is 11.3 Å². The van der Waals surface area contributed by atoms with Gasteiger partial charge in [0.1, 0.15) is 18.0 Å². The largest absolute Gasteiger partial charge is 0.340 e. The summed E-state index contributed by atoms with van der Waals surface area (Å²) in [5, 5.41) is 5.90. The van der Waals surface area contributed by atoms with Crippen LogP contribution >= 0.6 is 0 Å². The third-order valence-corrected chi connectivity index (χ3v) is 4.48. The van der Waals surface area contributed by atoms with Crippen molar-refractivity contribution in [1.82, 2.24) is 9.97 Å². The molecule has 0 radical (unpaired) electrons. The molecule has 3 aromatic carbocycles. The topological polar surface area (TPSA) is 66.9 Å². The predicted octanol–water partition coefficient (Wildman–Crippen LogP) is 5.59. The van der Waals surface area contributed by atoms with Gasteiger partial charge in [-0.2, -0.15) is 0 Å². The molecule has 0 saturated heterocycles. The fourth-order valence-corrected chi connectivity index (χ4v) is 3.01. The molecule has 2 N–H and O–H groups in total. The fourth-order valence-electron chi connectivity index (χ4n) is 3.01. The van der Waals surface area contributed by atoms with Gasteiger partial charge in [0.15, 0.2) is 0 Å². The van der Waals surface area contributed by atoms with Crippen LogP contribution in [0.2, 0.25) is 0 Å². The molecule has 0 spiro atoms. The number of hydrogen-bond acceptors (Lipinski definition) is 4. The summed E-state index contributed by atoms with van der Waals surface area (Å²) in [6, 6.07) is 22.7. The van der Waals surface area contributed by atoms with E-state index in [2.05, 4.69) is 26.7 Å². The van der Waals surface area contributed by atoms with E-state index in [4.69, 9.17) is 0 Å². The fraction of sp³-hybridized carbons (Fsp3) is 0.0417. The second-order valence-corrected chi connectivity index (χ2v) is 6.82. The molecule has 0 saturated carbocycles. The first kappa shape index (κ1) is 19.3. The highest BCUT2D eigenvalue weighted by atomic mass is 19.1. The summed E-state index contributed by atoms with van der Waals surface area (Å²) in [5.41, 5.74) is 4.66. The summed E-state index contributed by atoms with van der Waals surface area (Å²) < 4.78 is 13.3. The summed E-state index contributed by atoms with van der Waals surface area (Å²) in [6.45, 7) is 2.04. The molecule has 6 heteroatoms. The summed E-state index contributed by atoms with van der Waals surface area (Å²) in [6.07, 6.45) is 1.51. The molecule has 0 aliphatic carbocycles. The van der Waals surface area contributed by atoms with Crippen LogP contribution in [0.25, 0.3) is 11.3 Å². The number of hydrogen-bond donors (Lipinski definition) is 2. The Morgan fingerprint density at radius 3 is 2.43 bits per heavy atom. The molecule has 148 valence electrons. The monoisotopic (exact) mass is 398 g/mol. The number of rotatable bonds is 5. The van der Waals surface area contributed by atoms with Crippen LogP contribution in [0.15, 0.2) is 85.2 Å². The van der Waals surface area contributed by atoms with Gasteiger partial charge in [0.2, 0.25) is 0 Å². The van der Waals surface area contributed by atoms with Crippen LogP contribution < -0.4 is 10.6 Å². The van der Waals surface area contributed by atoms with Crippen molar-refractivity contribution in [3.63, 3.8) is 0 Å². The van der Waals surface area contributed by atoms with Gasteiger partial charge in [-0.1, -0.05) is 29.8 Å². The molecule has 0 aliphatic heterocycles. The molecule has 1 aromatic heterocycles. The molecule has 1 amide bonds. The quantitative estimate of drug-likeness (QED) is 0.460. The van der Waals surface area contributed by atoms with Gasteiger partial charge < -0.3 is 10.6 Å². The van der Waals surface area contributed by atoms with Gasteiger partial charge in [0.25, 0.3) is 5.91 Å². The number of anilines is 3. The van der Waals surface area contributed by atoms with Gasteiger partial charge in [0, 0.05) is 28.6 Å². The lowest BCUT2D eigenvalue weighted by Crippen LogP contribution is -2.11. The van der Waals surface area contributed by atoms with E-state index in [0.29, 0.717) is 17.1 Å². The van der Waals surface area contributed by atoms with E-state index in [-0.39, 0.29) is 5.91 Å². The minimum Gasteiger partial charge on any atom is -0.340 e. The Morgan fingerprint density at radius 1 is 0.867 bits per heavy atom. The minimum atomic E-state index is -0.401. The van der Waals surface area contributed by atoms with E-state index < -0.39 is 5.82 Å². The Labute approximate surface area is 173 Å². The molecule has 0 fully saturated rings. The summed E-state index contributed by atoms with van der Waals surface area (Å²) >= 11 is 0. The van der Waals surface area contributed by atoms with E-state index in [1.54, 1.807) is 36.4 Å². The van der Waals surface area contributed by atoms with Gasteiger partial charge in [-0.3, -0.25) is 4.79 Å². The zero-order chi connectivity index (χ0) is 20.9. The van der Waals surface area contributed by atoms with Crippen molar-refractivity contribution in [2.45, 2.75) is 6.92 Å². The SMILES string of the molecule is Cc1cccc(-c2cc(Nc3ccc(C(=O)Nc4cccc(F)c4)cc3)ncn2)c1. The van der Waals surface area contributed by atoms with Gasteiger partial charge >= 0.3 is 0 Å².